The zero-order valence-electron chi connectivity index (χ0n) is 34.0. The van der Waals surface area contributed by atoms with Crippen molar-refractivity contribution >= 4 is 63.8 Å². The quantitative estimate of drug-likeness (QED) is 0.0370. The number of aromatic nitrogens is 2. The maximum Gasteiger partial charge on any atom is 0.329 e. The molecule has 4 amide bonds. The number of hydrogen-bond acceptors (Lipinski definition) is 9. The first kappa shape index (κ1) is 46.3. The molecule has 1 aromatic heterocycles. The third-order valence-electron chi connectivity index (χ3n) is 10.1. The molecule has 0 saturated heterocycles. The number of carboxylic acids is 2. The van der Waals surface area contributed by atoms with Crippen LogP contribution in [0.4, 0.5) is 26.4 Å². The van der Waals surface area contributed by atoms with E-state index in [2.05, 4.69) is 26.4 Å². The van der Waals surface area contributed by atoms with Crippen LogP contribution in [0, 0.1) is 12.7 Å². The van der Waals surface area contributed by atoms with Gasteiger partial charge in [-0.25, -0.2) is 14.0 Å². The number of rotatable bonds is 23. The van der Waals surface area contributed by atoms with Crippen LogP contribution in [0.5, 0.6) is 0 Å². The first-order valence-corrected chi connectivity index (χ1v) is 20.1. The monoisotopic (exact) mass is 830 g/mol. The number of nitrogens with two attached hydrogens (primary N) is 2. The number of carbonyl (C=O) groups excluding carboxylic acids is 4. The van der Waals surface area contributed by atoms with Gasteiger partial charge in [0, 0.05) is 25.1 Å². The first-order valence-electron chi connectivity index (χ1n) is 20.1. The highest BCUT2D eigenvalue weighted by Crippen LogP contribution is 2.33. The molecular formula is C43H55FN8O8. The third kappa shape index (κ3) is 13.6. The van der Waals surface area contributed by atoms with Gasteiger partial charge >= 0.3 is 18.0 Å². The number of unbranched alkanes of at least 4 members (excludes halogenated alkanes) is 8. The van der Waals surface area contributed by atoms with Gasteiger partial charge in [-0.3, -0.25) is 19.2 Å². The summed E-state index contributed by atoms with van der Waals surface area (Å²) in [5, 5.41) is 33.5. The van der Waals surface area contributed by atoms with Crippen LogP contribution < -0.4 is 32.7 Å². The van der Waals surface area contributed by atoms with Gasteiger partial charge in [0.1, 0.15) is 11.4 Å². The minimum atomic E-state index is -1.82. The molecule has 1 heterocycles. The zero-order chi connectivity index (χ0) is 43.8. The highest BCUT2D eigenvalue weighted by molar-refractivity contribution is 6.06. The largest absolute Gasteiger partial charge is 0.481 e. The van der Waals surface area contributed by atoms with Gasteiger partial charge in [0.25, 0.3) is 0 Å². The second-order valence-electron chi connectivity index (χ2n) is 15.1. The van der Waals surface area contributed by atoms with Gasteiger partial charge < -0.3 is 42.9 Å². The molecule has 322 valence electrons. The van der Waals surface area contributed by atoms with E-state index in [-0.39, 0.29) is 30.3 Å². The number of fused-ring (bicyclic) bond motifs is 1. The SMILES string of the molecule is Cc1ccc(F)c(NC(=O)Nc2ccc(-c3cccc4c3c(N)nn4C(=O)CCCCCCCCCCCNC(=O)C[C@H](N)C(=O)NC(C)(CCC(=O)O)C(=O)O)cc2)c1. The number of anilines is 3. The molecule has 3 aromatic carbocycles. The lowest BCUT2D eigenvalue weighted by Crippen LogP contribution is -2.57. The average molecular weight is 831 g/mol. The van der Waals surface area contributed by atoms with Crippen molar-refractivity contribution in [3.8, 4) is 11.1 Å². The first-order chi connectivity index (χ1) is 28.6. The summed E-state index contributed by atoms with van der Waals surface area (Å²) in [6.07, 6.45) is 7.57. The Morgan fingerprint density at radius 1 is 0.850 bits per heavy atom. The van der Waals surface area contributed by atoms with E-state index in [1.807, 2.05) is 30.3 Å². The van der Waals surface area contributed by atoms with Gasteiger partial charge in [0.15, 0.2) is 5.82 Å². The fraction of sp³-hybridized carbons (Fsp3) is 0.419. The van der Waals surface area contributed by atoms with Gasteiger partial charge in [0.2, 0.25) is 17.7 Å². The summed E-state index contributed by atoms with van der Waals surface area (Å²) in [4.78, 5) is 72.8. The van der Waals surface area contributed by atoms with Crippen molar-refractivity contribution in [2.75, 3.05) is 22.9 Å². The van der Waals surface area contributed by atoms with Gasteiger partial charge in [0.05, 0.1) is 29.1 Å². The summed E-state index contributed by atoms with van der Waals surface area (Å²) < 4.78 is 15.4. The van der Waals surface area contributed by atoms with Crippen LogP contribution in [0.2, 0.25) is 0 Å². The Morgan fingerprint density at radius 3 is 2.15 bits per heavy atom. The summed E-state index contributed by atoms with van der Waals surface area (Å²) in [6.45, 7) is 3.41. The molecule has 0 fully saturated rings. The van der Waals surface area contributed by atoms with E-state index in [9.17, 15) is 38.3 Å². The predicted molar refractivity (Wildman–Crippen MR) is 227 cm³/mol. The van der Waals surface area contributed by atoms with E-state index in [0.717, 1.165) is 68.1 Å². The van der Waals surface area contributed by atoms with E-state index >= 15 is 0 Å². The Balaban J connectivity index is 1.10. The van der Waals surface area contributed by atoms with Crippen molar-refractivity contribution in [1.82, 2.24) is 20.4 Å². The molecule has 0 aliphatic heterocycles. The molecule has 4 aromatic rings. The number of benzene rings is 3. The van der Waals surface area contributed by atoms with Crippen molar-refractivity contribution in [3.63, 3.8) is 0 Å². The van der Waals surface area contributed by atoms with Crippen LogP contribution in [0.3, 0.4) is 0 Å². The molecule has 0 radical (unpaired) electrons. The lowest BCUT2D eigenvalue weighted by Gasteiger charge is -2.27. The topological polar surface area (TPSA) is 261 Å². The Hall–Kier alpha value is -6.36. The van der Waals surface area contributed by atoms with Gasteiger partial charge in [-0.15, -0.1) is 5.10 Å². The number of aryl methyl sites for hydroxylation is 1. The smallest absolute Gasteiger partial charge is 0.329 e. The highest BCUT2D eigenvalue weighted by atomic mass is 19.1. The van der Waals surface area contributed by atoms with E-state index in [1.54, 1.807) is 31.2 Å². The van der Waals surface area contributed by atoms with Crippen molar-refractivity contribution in [2.45, 2.75) is 109 Å². The summed E-state index contributed by atoms with van der Waals surface area (Å²) in [7, 11) is 0. The van der Waals surface area contributed by atoms with E-state index in [0.29, 0.717) is 36.0 Å². The van der Waals surface area contributed by atoms with E-state index < -0.39 is 53.6 Å². The maximum absolute atomic E-state index is 14.1. The number of urea groups is 1. The van der Waals surface area contributed by atoms with Crippen LogP contribution in [-0.2, 0) is 19.2 Å². The summed E-state index contributed by atoms with van der Waals surface area (Å²) in [5.41, 5.74) is 13.9. The summed E-state index contributed by atoms with van der Waals surface area (Å²) in [5.74, 6) is -4.32. The van der Waals surface area contributed by atoms with Crippen LogP contribution >= 0.6 is 0 Å². The van der Waals surface area contributed by atoms with Gasteiger partial charge in [-0.05, 0) is 80.1 Å². The Bertz CT molecular complexity index is 2160. The number of nitrogens with zero attached hydrogens (tertiary/aromatic N) is 2. The molecule has 4 rings (SSSR count). The number of nitrogens with one attached hydrogen (secondary N) is 4. The number of nitrogen functional groups attached to an aromatic ring is 1. The van der Waals surface area contributed by atoms with Crippen molar-refractivity contribution in [1.29, 1.82) is 0 Å². The second kappa shape index (κ2) is 22.1. The second-order valence-corrected chi connectivity index (χ2v) is 15.1. The van der Waals surface area contributed by atoms with Crippen LogP contribution in [-0.4, -0.2) is 73.8 Å². The molecule has 0 bridgehead atoms. The fourth-order valence-electron chi connectivity index (χ4n) is 6.66. The lowest BCUT2D eigenvalue weighted by molar-refractivity contribution is -0.148. The van der Waals surface area contributed by atoms with Crippen molar-refractivity contribution < 1.29 is 43.4 Å². The minimum absolute atomic E-state index is 0.0832. The number of carboxylic acid groups (broad SMARTS) is 2. The number of hydrogen-bond donors (Lipinski definition) is 8. The molecule has 10 N–H and O–H groups in total. The lowest BCUT2D eigenvalue weighted by atomic mass is 9.95. The van der Waals surface area contributed by atoms with Gasteiger partial charge in [-0.2, -0.15) is 4.68 Å². The molecule has 0 aliphatic carbocycles. The maximum atomic E-state index is 14.1. The molecule has 16 nitrogen and oxygen atoms in total. The Kier molecular flexibility index (Phi) is 17.1. The average Bonchev–Trinajstić information content (AvgIpc) is 3.55. The number of aliphatic carboxylic acids is 2. The van der Waals surface area contributed by atoms with E-state index in [1.165, 1.54) is 17.7 Å². The van der Waals surface area contributed by atoms with Gasteiger partial charge in [-0.1, -0.05) is 75.3 Å². The Morgan fingerprint density at radius 2 is 1.50 bits per heavy atom. The molecule has 1 unspecified atom stereocenters. The standard InChI is InChI=1S/C43H55FN8O8/c1-27-16-21-31(44)33(25-27)49-42(60)48-29-19-17-28(18-20-29)30-13-12-14-34-38(30)39(46)51-52(34)36(54)15-10-8-6-4-3-5-7-9-11-24-47-35(53)26-32(45)40(57)50-43(2,41(58)59)23-22-37(55)56/h12-14,16-21,25,32H,3-11,15,22-24,26,45H2,1-2H3,(H2,46,51)(H,47,53)(H,50,57)(H,55,56)(H,58,59)(H2,48,49,60)/t32-,43?/m0/s1. The van der Waals surface area contributed by atoms with E-state index in [4.69, 9.17) is 16.6 Å². The highest BCUT2D eigenvalue weighted by Gasteiger charge is 2.36. The molecule has 0 saturated carbocycles. The molecule has 0 spiro atoms. The normalized spacial score (nSPS) is 12.6. The Labute approximate surface area is 347 Å². The summed E-state index contributed by atoms with van der Waals surface area (Å²) >= 11 is 0. The molecule has 0 aliphatic rings. The van der Waals surface area contributed by atoms with Crippen LogP contribution in [0.15, 0.2) is 60.7 Å². The molecular weight excluding hydrogens is 776 g/mol. The molecule has 17 heteroatoms. The van der Waals surface area contributed by atoms with Crippen molar-refractivity contribution in [2.24, 2.45) is 5.73 Å². The number of carbonyl (C=O) groups is 6. The molecule has 2 atom stereocenters. The fourth-order valence-corrected chi connectivity index (χ4v) is 6.66. The molecule has 60 heavy (non-hydrogen) atoms. The van der Waals surface area contributed by atoms with Crippen LogP contribution in [0.1, 0.15) is 101 Å². The number of amides is 4. The third-order valence-corrected chi connectivity index (χ3v) is 10.1. The number of halogens is 1. The predicted octanol–water partition coefficient (Wildman–Crippen LogP) is 6.58. The zero-order valence-corrected chi connectivity index (χ0v) is 34.0. The van der Waals surface area contributed by atoms with Crippen LogP contribution in [0.25, 0.3) is 22.0 Å². The van der Waals surface area contributed by atoms with Crippen molar-refractivity contribution in [3.05, 3.63) is 72.0 Å². The minimum Gasteiger partial charge on any atom is -0.481 e. The summed E-state index contributed by atoms with van der Waals surface area (Å²) in [6, 6.07) is 15.2.